The predicted octanol–water partition coefficient (Wildman–Crippen LogP) is 2.21. The van der Waals surface area contributed by atoms with Gasteiger partial charge in [-0.05, 0) is 42.3 Å². The molecule has 1 heterocycles. The van der Waals surface area contributed by atoms with Crippen LogP contribution in [0.2, 0.25) is 0 Å². The molecule has 0 radical (unpaired) electrons. The zero-order valence-corrected chi connectivity index (χ0v) is 11.5. The van der Waals surface area contributed by atoms with E-state index in [1.165, 1.54) is 0 Å². The van der Waals surface area contributed by atoms with E-state index in [4.69, 9.17) is 15.2 Å². The molecule has 0 saturated heterocycles. The molecule has 1 aromatic rings. The Hall–Kier alpha value is -0.940. The number of benzene rings is 1. The molecule has 2 rings (SSSR count). The quantitative estimate of drug-likeness (QED) is 0.879. The van der Waals surface area contributed by atoms with Crippen LogP contribution in [-0.2, 0) is 6.42 Å². The molecular formula is C12H16BrNO3. The SMILES string of the molecule is CC(C)(N)Cc1cc2c(c(Br)c1O)OCCO2. The van der Waals surface area contributed by atoms with Gasteiger partial charge in [-0.2, -0.15) is 0 Å². The number of hydrogen-bond donors (Lipinski definition) is 2. The van der Waals surface area contributed by atoms with E-state index in [0.29, 0.717) is 35.6 Å². The van der Waals surface area contributed by atoms with Gasteiger partial charge in [0, 0.05) is 11.1 Å². The van der Waals surface area contributed by atoms with Crippen LogP contribution in [-0.4, -0.2) is 23.9 Å². The summed E-state index contributed by atoms with van der Waals surface area (Å²) in [4.78, 5) is 0. The molecule has 17 heavy (non-hydrogen) atoms. The van der Waals surface area contributed by atoms with Gasteiger partial charge in [0.05, 0.1) is 0 Å². The number of fused-ring (bicyclic) bond motifs is 1. The van der Waals surface area contributed by atoms with Gasteiger partial charge in [0.25, 0.3) is 0 Å². The monoisotopic (exact) mass is 301 g/mol. The van der Waals surface area contributed by atoms with Crippen LogP contribution in [0.3, 0.4) is 0 Å². The normalized spacial score (nSPS) is 14.8. The first-order chi connectivity index (χ1) is 7.88. The van der Waals surface area contributed by atoms with Gasteiger partial charge in [-0.3, -0.25) is 0 Å². The minimum atomic E-state index is -0.388. The maximum absolute atomic E-state index is 10.1. The number of aromatic hydroxyl groups is 1. The summed E-state index contributed by atoms with van der Waals surface area (Å²) in [5.41, 5.74) is 6.33. The minimum absolute atomic E-state index is 0.174. The number of rotatable bonds is 2. The van der Waals surface area contributed by atoms with E-state index >= 15 is 0 Å². The fourth-order valence-corrected chi connectivity index (χ4v) is 2.38. The number of ether oxygens (including phenoxy) is 2. The van der Waals surface area contributed by atoms with Crippen LogP contribution in [0.1, 0.15) is 19.4 Å². The zero-order valence-electron chi connectivity index (χ0n) is 9.92. The van der Waals surface area contributed by atoms with Crippen LogP contribution in [0.25, 0.3) is 0 Å². The minimum Gasteiger partial charge on any atom is -0.506 e. The number of phenols is 1. The third-order valence-corrected chi connectivity index (χ3v) is 3.21. The molecule has 0 aromatic heterocycles. The van der Waals surface area contributed by atoms with Crippen LogP contribution < -0.4 is 15.2 Å². The van der Waals surface area contributed by atoms with E-state index in [1.54, 1.807) is 6.07 Å². The van der Waals surface area contributed by atoms with Crippen molar-refractivity contribution in [1.29, 1.82) is 0 Å². The lowest BCUT2D eigenvalue weighted by molar-refractivity contribution is 0.169. The maximum atomic E-state index is 10.1. The fourth-order valence-electron chi connectivity index (χ4n) is 1.81. The molecule has 0 atom stereocenters. The van der Waals surface area contributed by atoms with E-state index in [0.717, 1.165) is 5.56 Å². The van der Waals surface area contributed by atoms with Crippen LogP contribution in [0.4, 0.5) is 0 Å². The van der Waals surface area contributed by atoms with Gasteiger partial charge < -0.3 is 20.3 Å². The summed E-state index contributed by atoms with van der Waals surface area (Å²) in [5, 5.41) is 10.1. The fraction of sp³-hybridized carbons (Fsp3) is 0.500. The Morgan fingerprint density at radius 1 is 1.41 bits per heavy atom. The molecule has 0 amide bonds. The molecule has 1 aliphatic rings. The Kier molecular flexibility index (Phi) is 3.23. The van der Waals surface area contributed by atoms with E-state index in [9.17, 15) is 5.11 Å². The molecule has 0 fully saturated rings. The lowest BCUT2D eigenvalue weighted by atomic mass is 9.95. The molecule has 94 valence electrons. The lowest BCUT2D eigenvalue weighted by Crippen LogP contribution is -2.34. The summed E-state index contributed by atoms with van der Waals surface area (Å²) in [7, 11) is 0. The Balaban J connectivity index is 2.44. The molecule has 0 saturated carbocycles. The molecular weight excluding hydrogens is 286 g/mol. The van der Waals surface area contributed by atoms with Gasteiger partial charge in [0.2, 0.25) is 0 Å². The Bertz CT molecular complexity index is 440. The molecule has 4 nitrogen and oxygen atoms in total. The Morgan fingerprint density at radius 3 is 2.71 bits per heavy atom. The Labute approximate surface area is 109 Å². The summed E-state index contributed by atoms with van der Waals surface area (Å²) in [6.07, 6.45) is 0.564. The third kappa shape index (κ3) is 2.66. The van der Waals surface area contributed by atoms with E-state index in [-0.39, 0.29) is 11.3 Å². The van der Waals surface area contributed by atoms with Crippen molar-refractivity contribution in [2.24, 2.45) is 5.73 Å². The van der Waals surface area contributed by atoms with Gasteiger partial charge >= 0.3 is 0 Å². The van der Waals surface area contributed by atoms with E-state index in [1.807, 2.05) is 13.8 Å². The second-order valence-electron chi connectivity index (χ2n) is 4.89. The smallest absolute Gasteiger partial charge is 0.179 e. The van der Waals surface area contributed by atoms with Gasteiger partial charge in [0.1, 0.15) is 23.4 Å². The number of phenolic OH excluding ortho intramolecular Hbond substituents is 1. The van der Waals surface area contributed by atoms with Crippen molar-refractivity contribution in [3.63, 3.8) is 0 Å². The highest BCUT2D eigenvalue weighted by Crippen LogP contribution is 2.45. The van der Waals surface area contributed by atoms with Crippen molar-refractivity contribution < 1.29 is 14.6 Å². The second-order valence-corrected chi connectivity index (χ2v) is 5.68. The molecule has 1 aliphatic heterocycles. The molecule has 3 N–H and O–H groups in total. The summed E-state index contributed by atoms with van der Waals surface area (Å²) in [6.45, 7) is 4.84. The predicted molar refractivity (Wildman–Crippen MR) is 68.8 cm³/mol. The number of hydrogen-bond acceptors (Lipinski definition) is 4. The van der Waals surface area contributed by atoms with Crippen molar-refractivity contribution in [2.45, 2.75) is 25.8 Å². The zero-order chi connectivity index (χ0) is 12.6. The first kappa shape index (κ1) is 12.5. The summed E-state index contributed by atoms with van der Waals surface area (Å²) < 4.78 is 11.5. The number of nitrogens with two attached hydrogens (primary N) is 1. The molecule has 0 bridgehead atoms. The average molecular weight is 302 g/mol. The Morgan fingerprint density at radius 2 is 2.06 bits per heavy atom. The molecule has 0 spiro atoms. The van der Waals surface area contributed by atoms with Crippen LogP contribution in [0.15, 0.2) is 10.5 Å². The molecule has 1 aromatic carbocycles. The van der Waals surface area contributed by atoms with Gasteiger partial charge in [-0.1, -0.05) is 0 Å². The van der Waals surface area contributed by atoms with Crippen LogP contribution >= 0.6 is 15.9 Å². The second kappa shape index (κ2) is 4.38. The first-order valence-electron chi connectivity index (χ1n) is 5.47. The average Bonchev–Trinajstić information content (AvgIpc) is 2.24. The van der Waals surface area contributed by atoms with Crippen molar-refractivity contribution in [2.75, 3.05) is 13.2 Å². The molecule has 5 heteroatoms. The standard InChI is InChI=1S/C12H16BrNO3/c1-12(2,14)6-7-5-8-11(9(13)10(7)15)17-4-3-16-8/h5,15H,3-4,6,14H2,1-2H3. The highest BCUT2D eigenvalue weighted by Gasteiger charge is 2.23. The topological polar surface area (TPSA) is 64.7 Å². The largest absolute Gasteiger partial charge is 0.506 e. The van der Waals surface area contributed by atoms with Gasteiger partial charge in [-0.15, -0.1) is 0 Å². The molecule has 0 aliphatic carbocycles. The van der Waals surface area contributed by atoms with Crippen LogP contribution in [0, 0.1) is 0 Å². The summed E-state index contributed by atoms with van der Waals surface area (Å²) in [5.74, 6) is 1.39. The number of halogens is 1. The van der Waals surface area contributed by atoms with Crippen LogP contribution in [0.5, 0.6) is 17.2 Å². The van der Waals surface area contributed by atoms with Crippen molar-refractivity contribution in [3.05, 3.63) is 16.1 Å². The lowest BCUT2D eigenvalue weighted by Gasteiger charge is -2.24. The summed E-state index contributed by atoms with van der Waals surface area (Å²) in [6, 6.07) is 1.79. The highest BCUT2D eigenvalue weighted by molar-refractivity contribution is 9.10. The van der Waals surface area contributed by atoms with Gasteiger partial charge in [-0.25, -0.2) is 0 Å². The van der Waals surface area contributed by atoms with Crippen molar-refractivity contribution in [3.8, 4) is 17.2 Å². The van der Waals surface area contributed by atoms with E-state index in [2.05, 4.69) is 15.9 Å². The van der Waals surface area contributed by atoms with Crippen molar-refractivity contribution in [1.82, 2.24) is 0 Å². The van der Waals surface area contributed by atoms with Crippen molar-refractivity contribution >= 4 is 15.9 Å². The third-order valence-electron chi connectivity index (χ3n) is 2.47. The highest BCUT2D eigenvalue weighted by atomic mass is 79.9. The summed E-state index contributed by atoms with van der Waals surface area (Å²) >= 11 is 3.33. The van der Waals surface area contributed by atoms with E-state index < -0.39 is 0 Å². The molecule has 0 unspecified atom stereocenters. The first-order valence-corrected chi connectivity index (χ1v) is 6.26. The maximum Gasteiger partial charge on any atom is 0.179 e. The van der Waals surface area contributed by atoms with Gasteiger partial charge in [0.15, 0.2) is 11.5 Å².